The molecule has 0 aliphatic heterocycles. The molecule has 0 aliphatic rings. The van der Waals surface area contributed by atoms with E-state index in [2.05, 4.69) is 15.3 Å². The molecule has 6 heteroatoms. The van der Waals surface area contributed by atoms with Gasteiger partial charge in [-0.1, -0.05) is 41.9 Å². The fraction of sp³-hybridized carbons (Fsp3) is 0.111. The summed E-state index contributed by atoms with van der Waals surface area (Å²) in [6.45, 7) is 2.51. The second-order valence-corrected chi connectivity index (χ2v) is 5.96. The molecule has 0 radical (unpaired) electrons. The number of hydrogen-bond donors (Lipinski definition) is 1. The van der Waals surface area contributed by atoms with Crippen LogP contribution in [0.15, 0.2) is 54.7 Å². The Balaban J connectivity index is 1.71. The lowest BCUT2D eigenvalue weighted by Gasteiger charge is -2.12. The molecule has 0 saturated carbocycles. The summed E-state index contributed by atoms with van der Waals surface area (Å²) in [5, 5.41) is 3.71. The Kier molecular flexibility index (Phi) is 5.18. The zero-order valence-electron chi connectivity index (χ0n) is 13.0. The number of anilines is 2. The van der Waals surface area contributed by atoms with E-state index in [1.165, 1.54) is 6.20 Å². The van der Waals surface area contributed by atoms with Crippen LogP contribution in [-0.4, -0.2) is 9.97 Å². The first kappa shape index (κ1) is 16.6. The van der Waals surface area contributed by atoms with E-state index in [4.69, 9.17) is 27.9 Å². The Morgan fingerprint density at radius 1 is 1.08 bits per heavy atom. The van der Waals surface area contributed by atoms with Crippen LogP contribution in [-0.2, 0) is 6.61 Å². The lowest BCUT2D eigenvalue weighted by Crippen LogP contribution is -1.99. The van der Waals surface area contributed by atoms with E-state index in [0.717, 1.165) is 22.6 Å². The molecular weight excluding hydrogens is 345 g/mol. The lowest BCUT2D eigenvalue weighted by atomic mass is 10.2. The normalized spacial score (nSPS) is 10.5. The van der Waals surface area contributed by atoms with E-state index in [1.54, 1.807) is 0 Å². The highest BCUT2D eigenvalue weighted by Gasteiger charge is 2.07. The molecule has 4 nitrogen and oxygen atoms in total. The highest BCUT2D eigenvalue weighted by atomic mass is 35.5. The van der Waals surface area contributed by atoms with Crippen LogP contribution in [0.4, 0.5) is 11.5 Å². The molecule has 1 N–H and O–H groups in total. The van der Waals surface area contributed by atoms with Crippen molar-refractivity contribution in [3.63, 3.8) is 0 Å². The maximum atomic E-state index is 6.08. The molecule has 0 spiro atoms. The molecule has 0 bridgehead atoms. The zero-order valence-corrected chi connectivity index (χ0v) is 14.5. The van der Waals surface area contributed by atoms with Crippen LogP contribution in [0, 0.1) is 6.92 Å². The highest BCUT2D eigenvalue weighted by Crippen LogP contribution is 2.28. The van der Waals surface area contributed by atoms with Gasteiger partial charge in [0.05, 0.1) is 6.20 Å². The van der Waals surface area contributed by atoms with Crippen LogP contribution in [0.25, 0.3) is 0 Å². The molecule has 0 fully saturated rings. The molecule has 2 aromatic carbocycles. The van der Waals surface area contributed by atoms with E-state index < -0.39 is 0 Å². The van der Waals surface area contributed by atoms with Crippen molar-refractivity contribution in [2.75, 3.05) is 5.32 Å². The Hall–Kier alpha value is -2.30. The SMILES string of the molecule is Cc1cc(OCc2ccccc2)ccc1Nc1nc(Cl)ncc1Cl. The highest BCUT2D eigenvalue weighted by molar-refractivity contribution is 6.33. The Morgan fingerprint density at radius 2 is 1.88 bits per heavy atom. The Morgan fingerprint density at radius 3 is 2.62 bits per heavy atom. The summed E-state index contributed by atoms with van der Waals surface area (Å²) >= 11 is 11.9. The summed E-state index contributed by atoms with van der Waals surface area (Å²) in [5.41, 5.74) is 3.00. The van der Waals surface area contributed by atoms with Gasteiger partial charge in [-0.2, -0.15) is 4.98 Å². The number of halogens is 2. The van der Waals surface area contributed by atoms with Gasteiger partial charge in [-0.05, 0) is 47.9 Å². The van der Waals surface area contributed by atoms with E-state index in [-0.39, 0.29) is 5.28 Å². The standard InChI is InChI=1S/C18H15Cl2N3O/c1-12-9-14(24-11-13-5-3-2-4-6-13)7-8-16(12)22-17-15(19)10-21-18(20)23-17/h2-10H,11H2,1H3,(H,21,22,23). The topological polar surface area (TPSA) is 47.0 Å². The van der Waals surface area contributed by atoms with Crippen molar-refractivity contribution in [1.82, 2.24) is 9.97 Å². The van der Waals surface area contributed by atoms with E-state index in [9.17, 15) is 0 Å². The average molecular weight is 360 g/mol. The number of ether oxygens (including phenoxy) is 1. The van der Waals surface area contributed by atoms with Crippen LogP contribution < -0.4 is 10.1 Å². The van der Waals surface area contributed by atoms with Gasteiger partial charge < -0.3 is 10.1 Å². The fourth-order valence-electron chi connectivity index (χ4n) is 2.17. The van der Waals surface area contributed by atoms with Gasteiger partial charge in [0.25, 0.3) is 0 Å². The molecule has 0 aliphatic carbocycles. The van der Waals surface area contributed by atoms with Gasteiger partial charge in [0.15, 0.2) is 5.82 Å². The van der Waals surface area contributed by atoms with Gasteiger partial charge in [-0.3, -0.25) is 0 Å². The Labute approximate surface area is 150 Å². The number of aromatic nitrogens is 2. The molecule has 0 saturated heterocycles. The van der Waals surface area contributed by atoms with Crippen molar-refractivity contribution >= 4 is 34.7 Å². The minimum Gasteiger partial charge on any atom is -0.489 e. The summed E-state index contributed by atoms with van der Waals surface area (Å²) in [6.07, 6.45) is 1.46. The number of rotatable bonds is 5. The molecule has 3 aromatic rings. The number of benzene rings is 2. The first-order valence-corrected chi connectivity index (χ1v) is 8.10. The lowest BCUT2D eigenvalue weighted by molar-refractivity contribution is 0.306. The maximum absolute atomic E-state index is 6.08. The molecule has 3 rings (SSSR count). The van der Waals surface area contributed by atoms with E-state index >= 15 is 0 Å². The Bertz CT molecular complexity index is 841. The molecule has 122 valence electrons. The first-order valence-electron chi connectivity index (χ1n) is 7.34. The molecule has 1 heterocycles. The van der Waals surface area contributed by atoms with E-state index in [1.807, 2.05) is 55.5 Å². The molecule has 0 amide bonds. The second kappa shape index (κ2) is 7.51. The van der Waals surface area contributed by atoms with Gasteiger partial charge in [-0.25, -0.2) is 4.98 Å². The largest absolute Gasteiger partial charge is 0.489 e. The zero-order chi connectivity index (χ0) is 16.9. The van der Waals surface area contributed by atoms with Gasteiger partial charge >= 0.3 is 0 Å². The fourth-order valence-corrected chi connectivity index (χ4v) is 2.44. The quantitative estimate of drug-likeness (QED) is 0.618. The summed E-state index contributed by atoms with van der Waals surface area (Å²) in [6, 6.07) is 15.8. The van der Waals surface area contributed by atoms with Gasteiger partial charge in [0.2, 0.25) is 5.28 Å². The summed E-state index contributed by atoms with van der Waals surface area (Å²) in [4.78, 5) is 7.92. The number of aryl methyl sites for hydroxylation is 1. The molecule has 24 heavy (non-hydrogen) atoms. The van der Waals surface area contributed by atoms with Crippen LogP contribution >= 0.6 is 23.2 Å². The monoisotopic (exact) mass is 359 g/mol. The smallest absolute Gasteiger partial charge is 0.224 e. The van der Waals surface area contributed by atoms with Crippen molar-refractivity contribution in [1.29, 1.82) is 0 Å². The average Bonchev–Trinajstić information content (AvgIpc) is 2.59. The van der Waals surface area contributed by atoms with Crippen molar-refractivity contribution in [3.8, 4) is 5.75 Å². The van der Waals surface area contributed by atoms with Crippen molar-refractivity contribution in [2.45, 2.75) is 13.5 Å². The van der Waals surface area contributed by atoms with Crippen LogP contribution in [0.2, 0.25) is 10.3 Å². The molecule has 0 unspecified atom stereocenters. The van der Waals surface area contributed by atoms with Crippen LogP contribution in [0.3, 0.4) is 0 Å². The first-order chi connectivity index (χ1) is 11.6. The molecule has 0 atom stereocenters. The maximum Gasteiger partial charge on any atom is 0.224 e. The third-order valence-corrected chi connectivity index (χ3v) is 3.87. The van der Waals surface area contributed by atoms with Crippen LogP contribution in [0.5, 0.6) is 5.75 Å². The van der Waals surface area contributed by atoms with Crippen molar-refractivity contribution in [3.05, 3.63) is 76.2 Å². The minimum absolute atomic E-state index is 0.141. The summed E-state index contributed by atoms with van der Waals surface area (Å²) < 4.78 is 5.82. The van der Waals surface area contributed by atoms with Gasteiger partial charge in [-0.15, -0.1) is 0 Å². The minimum atomic E-state index is 0.141. The third kappa shape index (κ3) is 4.16. The summed E-state index contributed by atoms with van der Waals surface area (Å²) in [7, 11) is 0. The van der Waals surface area contributed by atoms with Gasteiger partial charge in [0, 0.05) is 5.69 Å². The second-order valence-electron chi connectivity index (χ2n) is 5.21. The number of nitrogens with one attached hydrogen (secondary N) is 1. The molecule has 1 aromatic heterocycles. The van der Waals surface area contributed by atoms with Crippen molar-refractivity contribution in [2.24, 2.45) is 0 Å². The van der Waals surface area contributed by atoms with Gasteiger partial charge in [0.1, 0.15) is 17.4 Å². The number of nitrogens with zero attached hydrogens (tertiary/aromatic N) is 2. The predicted octanol–water partition coefficient (Wildman–Crippen LogP) is 5.41. The summed E-state index contributed by atoms with van der Waals surface area (Å²) in [5.74, 6) is 1.27. The van der Waals surface area contributed by atoms with E-state index in [0.29, 0.717) is 17.4 Å². The molecular formula is C18H15Cl2N3O. The third-order valence-electron chi connectivity index (χ3n) is 3.41. The number of hydrogen-bond acceptors (Lipinski definition) is 4. The van der Waals surface area contributed by atoms with Crippen molar-refractivity contribution < 1.29 is 4.74 Å². The predicted molar refractivity (Wildman–Crippen MR) is 97.3 cm³/mol. The van der Waals surface area contributed by atoms with Crippen LogP contribution in [0.1, 0.15) is 11.1 Å².